The first-order valence-electron chi connectivity index (χ1n) is 12.8. The van der Waals surface area contributed by atoms with Gasteiger partial charge in [0.2, 0.25) is 0 Å². The summed E-state index contributed by atoms with van der Waals surface area (Å²) >= 11 is 11.6. The number of aromatic nitrogens is 1. The van der Waals surface area contributed by atoms with Crippen molar-refractivity contribution in [3.63, 3.8) is 0 Å². The van der Waals surface area contributed by atoms with Gasteiger partial charge in [-0.25, -0.2) is 0 Å². The highest BCUT2D eigenvalue weighted by Gasteiger charge is 2.35. The van der Waals surface area contributed by atoms with Gasteiger partial charge in [-0.1, -0.05) is 35.9 Å². The minimum Gasteiger partial charge on any atom is -0.489 e. The molecule has 1 aromatic heterocycles. The number of halogens is 1. The Kier molecular flexibility index (Phi) is 7.61. The number of carbonyl (C=O) groups excluding carboxylic acids is 2. The van der Waals surface area contributed by atoms with Gasteiger partial charge in [-0.05, 0) is 111 Å². The van der Waals surface area contributed by atoms with Crippen molar-refractivity contribution >= 4 is 52.5 Å². The van der Waals surface area contributed by atoms with Crippen LogP contribution in [0.15, 0.2) is 78.4 Å². The van der Waals surface area contributed by atoms with Gasteiger partial charge in [0.25, 0.3) is 11.8 Å². The predicted octanol–water partition coefficient (Wildman–Crippen LogP) is 6.77. The minimum absolute atomic E-state index is 0.0244. The van der Waals surface area contributed by atoms with Gasteiger partial charge < -0.3 is 9.30 Å². The summed E-state index contributed by atoms with van der Waals surface area (Å²) in [6.45, 7) is 8.22. The molecule has 0 spiro atoms. The number of amides is 2. The van der Waals surface area contributed by atoms with E-state index < -0.39 is 11.8 Å². The van der Waals surface area contributed by atoms with Crippen LogP contribution in [-0.2, 0) is 16.2 Å². The van der Waals surface area contributed by atoms with Gasteiger partial charge in [0, 0.05) is 27.7 Å². The molecule has 4 aromatic rings. The molecule has 1 saturated heterocycles. The lowest BCUT2D eigenvalue weighted by atomic mass is 10.1. The number of anilines is 1. The van der Waals surface area contributed by atoms with Crippen molar-refractivity contribution in [1.29, 1.82) is 0 Å². The molecule has 1 N–H and O–H groups in total. The third-order valence-corrected chi connectivity index (χ3v) is 7.44. The summed E-state index contributed by atoms with van der Waals surface area (Å²) in [6, 6.07) is 23.1. The van der Waals surface area contributed by atoms with Crippen LogP contribution in [0.25, 0.3) is 11.8 Å². The number of thiocarbonyl (C=S) groups is 1. The lowest BCUT2D eigenvalue weighted by Gasteiger charge is -2.29. The van der Waals surface area contributed by atoms with Crippen LogP contribution in [-0.4, -0.2) is 21.5 Å². The second kappa shape index (κ2) is 11.1. The molecule has 0 aliphatic carbocycles. The lowest BCUT2D eigenvalue weighted by molar-refractivity contribution is -0.122. The Morgan fingerprint density at radius 2 is 1.57 bits per heavy atom. The van der Waals surface area contributed by atoms with Gasteiger partial charge in [-0.2, -0.15) is 0 Å². The summed E-state index contributed by atoms with van der Waals surface area (Å²) in [7, 11) is 0. The monoisotopic (exact) mass is 569 g/mol. The average Bonchev–Trinajstić information content (AvgIpc) is 3.18. The first-order valence-corrected chi connectivity index (χ1v) is 13.6. The fourth-order valence-corrected chi connectivity index (χ4v) is 5.40. The van der Waals surface area contributed by atoms with E-state index in [9.17, 15) is 9.59 Å². The van der Waals surface area contributed by atoms with Gasteiger partial charge in [-0.3, -0.25) is 19.8 Å². The largest absolute Gasteiger partial charge is 0.489 e. The molecule has 8 heteroatoms. The summed E-state index contributed by atoms with van der Waals surface area (Å²) in [5, 5.41) is 3.41. The number of hydrogen-bond acceptors (Lipinski definition) is 4. The van der Waals surface area contributed by atoms with Crippen LogP contribution in [0.2, 0.25) is 5.02 Å². The van der Waals surface area contributed by atoms with E-state index in [2.05, 4.69) is 9.88 Å². The maximum atomic E-state index is 13.5. The predicted molar refractivity (Wildman–Crippen MR) is 163 cm³/mol. The third kappa shape index (κ3) is 5.43. The number of carbonyl (C=O) groups is 2. The molecule has 202 valence electrons. The Balaban J connectivity index is 1.41. The molecule has 40 heavy (non-hydrogen) atoms. The fraction of sp³-hybridized carbons (Fsp3) is 0.156. The summed E-state index contributed by atoms with van der Waals surface area (Å²) in [6.07, 6.45) is 1.63. The van der Waals surface area contributed by atoms with Crippen LogP contribution in [0.1, 0.15) is 33.6 Å². The van der Waals surface area contributed by atoms with Crippen LogP contribution < -0.4 is 15.0 Å². The molecule has 0 atom stereocenters. The summed E-state index contributed by atoms with van der Waals surface area (Å²) in [5.74, 6) is -0.246. The number of nitrogens with one attached hydrogen (secondary N) is 1. The molecule has 2 amide bonds. The smallest absolute Gasteiger partial charge is 0.270 e. The Morgan fingerprint density at radius 1 is 0.900 bits per heavy atom. The first-order chi connectivity index (χ1) is 19.1. The zero-order valence-corrected chi connectivity index (χ0v) is 24.2. The molecule has 0 saturated carbocycles. The van der Waals surface area contributed by atoms with E-state index >= 15 is 0 Å². The second-order valence-electron chi connectivity index (χ2n) is 9.84. The van der Waals surface area contributed by atoms with E-state index in [1.54, 1.807) is 6.08 Å². The maximum absolute atomic E-state index is 13.5. The number of benzene rings is 3. The van der Waals surface area contributed by atoms with E-state index in [0.29, 0.717) is 17.3 Å². The van der Waals surface area contributed by atoms with Crippen molar-refractivity contribution in [2.75, 3.05) is 4.90 Å². The molecule has 0 bridgehead atoms. The topological polar surface area (TPSA) is 63.6 Å². The van der Waals surface area contributed by atoms with Gasteiger partial charge in [0.1, 0.15) is 17.9 Å². The molecule has 1 fully saturated rings. The van der Waals surface area contributed by atoms with Crippen molar-refractivity contribution < 1.29 is 14.3 Å². The van der Waals surface area contributed by atoms with Crippen LogP contribution in [0.4, 0.5) is 5.69 Å². The van der Waals surface area contributed by atoms with Gasteiger partial charge in [0.05, 0.1) is 5.69 Å². The Hall–Kier alpha value is -4.20. The summed E-state index contributed by atoms with van der Waals surface area (Å²) in [4.78, 5) is 27.8. The quantitative estimate of drug-likeness (QED) is 0.158. The molecule has 0 radical (unpaired) electrons. The molecular weight excluding hydrogens is 542 g/mol. The van der Waals surface area contributed by atoms with E-state index in [-0.39, 0.29) is 10.7 Å². The number of aryl methyl sites for hydroxylation is 3. The van der Waals surface area contributed by atoms with E-state index in [1.165, 1.54) is 4.90 Å². The first kappa shape index (κ1) is 27.4. The van der Waals surface area contributed by atoms with E-state index in [0.717, 1.165) is 45.1 Å². The molecular formula is C32H28ClN3O3S. The average molecular weight is 570 g/mol. The molecule has 0 unspecified atom stereocenters. The molecule has 5 rings (SSSR count). The van der Waals surface area contributed by atoms with Crippen molar-refractivity contribution in [2.24, 2.45) is 0 Å². The van der Waals surface area contributed by atoms with Gasteiger partial charge in [0.15, 0.2) is 5.11 Å². The highest BCUT2D eigenvalue weighted by Crippen LogP contribution is 2.28. The van der Waals surface area contributed by atoms with Crippen molar-refractivity contribution in [3.8, 4) is 11.4 Å². The number of hydrogen-bond donors (Lipinski definition) is 1. The van der Waals surface area contributed by atoms with Crippen LogP contribution in [0, 0.1) is 27.7 Å². The number of ether oxygens (including phenoxy) is 1. The molecule has 3 aromatic carbocycles. The van der Waals surface area contributed by atoms with Crippen LogP contribution in [0.5, 0.6) is 5.75 Å². The van der Waals surface area contributed by atoms with Crippen molar-refractivity contribution in [2.45, 2.75) is 34.3 Å². The third-order valence-electron chi connectivity index (χ3n) is 6.78. The number of nitrogens with zero attached hydrogens (tertiary/aromatic N) is 2. The van der Waals surface area contributed by atoms with Crippen LogP contribution >= 0.6 is 23.8 Å². The summed E-state index contributed by atoms with van der Waals surface area (Å²) in [5.41, 5.74) is 7.11. The lowest BCUT2D eigenvalue weighted by Crippen LogP contribution is -2.54. The fourth-order valence-electron chi connectivity index (χ4n) is 4.93. The number of rotatable bonds is 6. The Morgan fingerprint density at radius 3 is 2.25 bits per heavy atom. The zero-order valence-electron chi connectivity index (χ0n) is 22.6. The Bertz CT molecular complexity index is 1670. The molecule has 1 aliphatic rings. The normalized spacial score (nSPS) is 14.6. The zero-order chi connectivity index (χ0) is 28.6. The van der Waals surface area contributed by atoms with E-state index in [1.807, 2.05) is 100 Å². The molecule has 6 nitrogen and oxygen atoms in total. The van der Waals surface area contributed by atoms with Gasteiger partial charge >= 0.3 is 0 Å². The maximum Gasteiger partial charge on any atom is 0.270 e. The molecule has 2 heterocycles. The highest BCUT2D eigenvalue weighted by molar-refractivity contribution is 7.80. The SMILES string of the molecule is Cc1cc(C)cc(N2C(=O)/C(=C/c3cc(C)n(-c4ccc(OCc5ccccc5Cl)cc4)c3C)C(=O)NC2=S)c1. The second-order valence-corrected chi connectivity index (χ2v) is 10.6. The standard InChI is InChI=1S/C32H28ClN3O3S/c1-19-13-20(2)15-26(14-19)36-31(38)28(30(37)34-32(36)40)17-24-16-21(3)35(22(24)4)25-9-11-27(12-10-25)39-18-23-7-5-6-8-29(23)33/h5-17H,18H2,1-4H3,(H,34,37,40)/b28-17+. The Labute approximate surface area is 243 Å². The van der Waals surface area contributed by atoms with E-state index in [4.69, 9.17) is 28.6 Å². The minimum atomic E-state index is -0.513. The van der Waals surface area contributed by atoms with Gasteiger partial charge in [-0.15, -0.1) is 0 Å². The summed E-state index contributed by atoms with van der Waals surface area (Å²) < 4.78 is 7.99. The van der Waals surface area contributed by atoms with Crippen molar-refractivity contribution in [3.05, 3.63) is 117 Å². The highest BCUT2D eigenvalue weighted by atomic mass is 35.5. The van der Waals surface area contributed by atoms with Crippen LogP contribution in [0.3, 0.4) is 0 Å². The van der Waals surface area contributed by atoms with Crippen molar-refractivity contribution in [1.82, 2.24) is 9.88 Å². The molecule has 1 aliphatic heterocycles.